The topological polar surface area (TPSA) is 32.3 Å². The van der Waals surface area contributed by atoms with Crippen LogP contribution in [0.1, 0.15) is 33.1 Å². The molecule has 0 saturated heterocycles. The first-order chi connectivity index (χ1) is 6.22. The molecular formula is C10H22N2O. The Bertz CT molecular complexity index is 137. The molecule has 0 aromatic rings. The number of hydrogen-bond donors (Lipinski definition) is 1. The van der Waals surface area contributed by atoms with Gasteiger partial charge < -0.3 is 10.2 Å². The lowest BCUT2D eigenvalue weighted by Gasteiger charge is -2.16. The van der Waals surface area contributed by atoms with Crippen molar-refractivity contribution in [2.24, 2.45) is 0 Å². The van der Waals surface area contributed by atoms with Crippen molar-refractivity contribution in [1.82, 2.24) is 10.2 Å². The van der Waals surface area contributed by atoms with Crippen molar-refractivity contribution in [3.8, 4) is 0 Å². The first kappa shape index (κ1) is 12.4. The standard InChI is InChI=1S/C10H22N2O/c1-4-6-10(13)12(3)9-8-11-7-5-2/h11H,4-9H2,1-3H3. The second-order valence-corrected chi connectivity index (χ2v) is 3.32. The third-order valence-corrected chi connectivity index (χ3v) is 1.94. The van der Waals surface area contributed by atoms with Crippen LogP contribution in [0.5, 0.6) is 0 Å². The molecule has 0 spiro atoms. The Kier molecular flexibility index (Phi) is 7.69. The third kappa shape index (κ3) is 6.58. The average Bonchev–Trinajstić information content (AvgIpc) is 2.12. The fourth-order valence-corrected chi connectivity index (χ4v) is 1.08. The summed E-state index contributed by atoms with van der Waals surface area (Å²) in [6, 6.07) is 0. The molecule has 0 aliphatic heterocycles. The molecule has 0 aromatic carbocycles. The number of nitrogens with one attached hydrogen (secondary N) is 1. The molecule has 78 valence electrons. The van der Waals surface area contributed by atoms with Crippen LogP contribution in [0.4, 0.5) is 0 Å². The van der Waals surface area contributed by atoms with E-state index in [-0.39, 0.29) is 5.91 Å². The van der Waals surface area contributed by atoms with Crippen LogP contribution in [0.25, 0.3) is 0 Å². The molecule has 1 amide bonds. The Balaban J connectivity index is 3.38. The highest BCUT2D eigenvalue weighted by molar-refractivity contribution is 5.75. The van der Waals surface area contributed by atoms with E-state index >= 15 is 0 Å². The van der Waals surface area contributed by atoms with Crippen LogP contribution in [-0.4, -0.2) is 37.5 Å². The van der Waals surface area contributed by atoms with Crippen molar-refractivity contribution in [2.45, 2.75) is 33.1 Å². The third-order valence-electron chi connectivity index (χ3n) is 1.94. The van der Waals surface area contributed by atoms with Gasteiger partial charge in [-0.2, -0.15) is 0 Å². The highest BCUT2D eigenvalue weighted by atomic mass is 16.2. The van der Waals surface area contributed by atoms with Gasteiger partial charge in [0.2, 0.25) is 5.91 Å². The molecule has 13 heavy (non-hydrogen) atoms. The quantitative estimate of drug-likeness (QED) is 0.607. The largest absolute Gasteiger partial charge is 0.344 e. The molecule has 0 fully saturated rings. The maximum Gasteiger partial charge on any atom is 0.222 e. The molecule has 0 unspecified atom stereocenters. The normalized spacial score (nSPS) is 10.1. The number of carbonyl (C=O) groups excluding carboxylic acids is 1. The first-order valence-corrected chi connectivity index (χ1v) is 5.17. The Morgan fingerprint density at radius 3 is 2.46 bits per heavy atom. The molecule has 0 aromatic heterocycles. The van der Waals surface area contributed by atoms with Crippen LogP contribution in [0.2, 0.25) is 0 Å². The van der Waals surface area contributed by atoms with E-state index in [2.05, 4.69) is 12.2 Å². The summed E-state index contributed by atoms with van der Waals surface area (Å²) < 4.78 is 0. The number of hydrogen-bond acceptors (Lipinski definition) is 2. The van der Waals surface area contributed by atoms with Gasteiger partial charge in [-0.1, -0.05) is 13.8 Å². The first-order valence-electron chi connectivity index (χ1n) is 5.17. The monoisotopic (exact) mass is 186 g/mol. The summed E-state index contributed by atoms with van der Waals surface area (Å²) in [6.07, 6.45) is 2.75. The lowest BCUT2D eigenvalue weighted by Crippen LogP contribution is -2.33. The second kappa shape index (κ2) is 8.05. The predicted molar refractivity (Wildman–Crippen MR) is 55.7 cm³/mol. The lowest BCUT2D eigenvalue weighted by molar-refractivity contribution is -0.129. The Morgan fingerprint density at radius 1 is 1.23 bits per heavy atom. The number of rotatable bonds is 7. The molecule has 1 N–H and O–H groups in total. The smallest absolute Gasteiger partial charge is 0.222 e. The maximum absolute atomic E-state index is 11.3. The van der Waals surface area contributed by atoms with E-state index in [0.717, 1.165) is 32.5 Å². The number of likely N-dealkylation sites (N-methyl/N-ethyl adjacent to an activating group) is 1. The highest BCUT2D eigenvalue weighted by Gasteiger charge is 2.05. The van der Waals surface area contributed by atoms with Gasteiger partial charge in [0.15, 0.2) is 0 Å². The van der Waals surface area contributed by atoms with Crippen molar-refractivity contribution >= 4 is 5.91 Å². The predicted octanol–water partition coefficient (Wildman–Crippen LogP) is 1.24. The fraction of sp³-hybridized carbons (Fsp3) is 0.900. The Morgan fingerprint density at radius 2 is 1.92 bits per heavy atom. The van der Waals surface area contributed by atoms with Crippen LogP contribution in [0, 0.1) is 0 Å². The summed E-state index contributed by atoms with van der Waals surface area (Å²) in [5.74, 6) is 0.251. The summed E-state index contributed by atoms with van der Waals surface area (Å²) in [5, 5.41) is 3.27. The molecule has 0 rings (SSSR count). The van der Waals surface area contributed by atoms with Crippen LogP contribution in [-0.2, 0) is 4.79 Å². The molecular weight excluding hydrogens is 164 g/mol. The van der Waals surface area contributed by atoms with Crippen molar-refractivity contribution in [3.05, 3.63) is 0 Å². The zero-order valence-corrected chi connectivity index (χ0v) is 9.10. The SMILES string of the molecule is CCCNCCN(C)C(=O)CCC. The molecule has 0 aliphatic carbocycles. The summed E-state index contributed by atoms with van der Waals surface area (Å²) >= 11 is 0. The minimum absolute atomic E-state index is 0.251. The average molecular weight is 186 g/mol. The van der Waals surface area contributed by atoms with E-state index in [4.69, 9.17) is 0 Å². The van der Waals surface area contributed by atoms with Gasteiger partial charge in [0.05, 0.1) is 0 Å². The van der Waals surface area contributed by atoms with Gasteiger partial charge in [0.25, 0.3) is 0 Å². The van der Waals surface area contributed by atoms with Crippen LogP contribution >= 0.6 is 0 Å². The molecule has 3 nitrogen and oxygen atoms in total. The fourth-order valence-electron chi connectivity index (χ4n) is 1.08. The summed E-state index contributed by atoms with van der Waals surface area (Å²) in [6.45, 7) is 6.93. The zero-order chi connectivity index (χ0) is 10.1. The highest BCUT2D eigenvalue weighted by Crippen LogP contribution is 1.93. The lowest BCUT2D eigenvalue weighted by atomic mass is 10.3. The van der Waals surface area contributed by atoms with Crippen LogP contribution < -0.4 is 5.32 Å². The minimum Gasteiger partial charge on any atom is -0.344 e. The summed E-state index contributed by atoms with van der Waals surface area (Å²) in [5.41, 5.74) is 0. The molecule has 0 atom stereocenters. The molecule has 0 heterocycles. The molecule has 0 aliphatic rings. The van der Waals surface area contributed by atoms with E-state index in [9.17, 15) is 4.79 Å². The Labute approximate surface area is 81.5 Å². The van der Waals surface area contributed by atoms with Gasteiger partial charge in [-0.15, -0.1) is 0 Å². The minimum atomic E-state index is 0.251. The van der Waals surface area contributed by atoms with Crippen LogP contribution in [0.3, 0.4) is 0 Å². The summed E-state index contributed by atoms with van der Waals surface area (Å²) in [4.78, 5) is 13.1. The van der Waals surface area contributed by atoms with E-state index < -0.39 is 0 Å². The summed E-state index contributed by atoms with van der Waals surface area (Å²) in [7, 11) is 1.87. The van der Waals surface area contributed by atoms with Gasteiger partial charge in [-0.25, -0.2) is 0 Å². The van der Waals surface area contributed by atoms with Crippen LogP contribution in [0.15, 0.2) is 0 Å². The van der Waals surface area contributed by atoms with Gasteiger partial charge in [0.1, 0.15) is 0 Å². The van der Waals surface area contributed by atoms with Gasteiger partial charge >= 0.3 is 0 Å². The van der Waals surface area contributed by atoms with Crippen molar-refractivity contribution in [2.75, 3.05) is 26.7 Å². The van der Waals surface area contributed by atoms with Crippen molar-refractivity contribution in [1.29, 1.82) is 0 Å². The van der Waals surface area contributed by atoms with E-state index in [0.29, 0.717) is 6.42 Å². The molecule has 0 radical (unpaired) electrons. The maximum atomic E-state index is 11.3. The number of amides is 1. The molecule has 0 bridgehead atoms. The molecule has 3 heteroatoms. The zero-order valence-electron chi connectivity index (χ0n) is 9.10. The van der Waals surface area contributed by atoms with Gasteiger partial charge in [0, 0.05) is 26.6 Å². The number of nitrogens with zero attached hydrogens (tertiary/aromatic N) is 1. The van der Waals surface area contributed by atoms with E-state index in [1.165, 1.54) is 0 Å². The van der Waals surface area contributed by atoms with E-state index in [1.54, 1.807) is 4.90 Å². The second-order valence-electron chi connectivity index (χ2n) is 3.32. The van der Waals surface area contributed by atoms with Crippen molar-refractivity contribution < 1.29 is 4.79 Å². The number of carbonyl (C=O) groups is 1. The van der Waals surface area contributed by atoms with Gasteiger partial charge in [-0.05, 0) is 19.4 Å². The van der Waals surface area contributed by atoms with Crippen molar-refractivity contribution in [3.63, 3.8) is 0 Å². The van der Waals surface area contributed by atoms with Gasteiger partial charge in [-0.3, -0.25) is 4.79 Å². The molecule has 0 saturated carbocycles. The Hall–Kier alpha value is -0.570. The van der Waals surface area contributed by atoms with E-state index in [1.807, 2.05) is 14.0 Å².